The van der Waals surface area contributed by atoms with Gasteiger partial charge in [-0.1, -0.05) is 0 Å². The first-order valence-corrected chi connectivity index (χ1v) is 5.07. The second-order valence-corrected chi connectivity index (χ2v) is 3.52. The molecule has 0 fully saturated rings. The summed E-state index contributed by atoms with van der Waals surface area (Å²) >= 11 is 0. The van der Waals surface area contributed by atoms with E-state index in [1.54, 1.807) is 0 Å². The summed E-state index contributed by atoms with van der Waals surface area (Å²) in [6, 6.07) is 1.80. The number of carboxylic acid groups (broad SMARTS) is 1. The fraction of sp³-hybridized carbons (Fsp3) is 0.300. The van der Waals surface area contributed by atoms with E-state index in [2.05, 4.69) is 0 Å². The first-order chi connectivity index (χ1) is 8.90. The molecule has 19 heavy (non-hydrogen) atoms. The number of rotatable bonds is 6. The van der Waals surface area contributed by atoms with Gasteiger partial charge in [-0.25, -0.2) is 4.79 Å². The number of nitro benzene ring substituents is 2. The van der Waals surface area contributed by atoms with Gasteiger partial charge in [-0.3, -0.25) is 20.2 Å². The van der Waals surface area contributed by atoms with Crippen molar-refractivity contribution >= 4 is 17.3 Å². The molecule has 0 unspecified atom stereocenters. The Morgan fingerprint density at radius 1 is 1.32 bits per heavy atom. The van der Waals surface area contributed by atoms with Crippen LogP contribution in [-0.4, -0.2) is 34.6 Å². The summed E-state index contributed by atoms with van der Waals surface area (Å²) in [6.45, 7) is 0.0162. The molecule has 9 heteroatoms. The minimum atomic E-state index is -1.39. The molecule has 0 heterocycles. The molecular weight excluding hydrogens is 260 g/mol. The van der Waals surface area contributed by atoms with E-state index in [1.807, 2.05) is 0 Å². The lowest BCUT2D eigenvalue weighted by Gasteiger charge is -2.06. The molecule has 0 spiro atoms. The van der Waals surface area contributed by atoms with Crippen molar-refractivity contribution in [2.45, 2.75) is 6.42 Å². The van der Waals surface area contributed by atoms with Crippen LogP contribution in [0.4, 0.5) is 11.4 Å². The molecule has 1 aromatic carbocycles. The Morgan fingerprint density at radius 2 is 1.95 bits per heavy atom. The number of nitrogens with zero attached hydrogens (tertiary/aromatic N) is 2. The van der Waals surface area contributed by atoms with Gasteiger partial charge in [0.05, 0.1) is 27.6 Å². The summed E-state index contributed by atoms with van der Waals surface area (Å²) in [5.74, 6) is -1.39. The zero-order chi connectivity index (χ0) is 14.6. The third-order valence-corrected chi connectivity index (χ3v) is 2.43. The molecule has 0 aliphatic carbocycles. The summed E-state index contributed by atoms with van der Waals surface area (Å²) in [7, 11) is 1.34. The number of methoxy groups -OCH3 is 1. The summed E-state index contributed by atoms with van der Waals surface area (Å²) in [5.41, 5.74) is -2.09. The lowest BCUT2D eigenvalue weighted by molar-refractivity contribution is -0.423. The maximum absolute atomic E-state index is 11.0. The fourth-order valence-corrected chi connectivity index (χ4v) is 1.63. The average Bonchev–Trinajstić information content (AvgIpc) is 2.34. The third-order valence-electron chi connectivity index (χ3n) is 2.43. The molecule has 0 aliphatic rings. The van der Waals surface area contributed by atoms with Crippen molar-refractivity contribution in [2.24, 2.45) is 0 Å². The number of hydrogen-bond acceptors (Lipinski definition) is 6. The van der Waals surface area contributed by atoms with Crippen molar-refractivity contribution in [3.05, 3.63) is 43.5 Å². The van der Waals surface area contributed by atoms with Crippen LogP contribution >= 0.6 is 0 Å². The van der Waals surface area contributed by atoms with E-state index in [4.69, 9.17) is 9.84 Å². The molecule has 102 valence electrons. The lowest BCUT2D eigenvalue weighted by atomic mass is 10.0. The number of carboxylic acids is 1. The number of benzene rings is 1. The topological polar surface area (TPSA) is 133 Å². The minimum Gasteiger partial charge on any atom is -0.478 e. The molecule has 1 N–H and O–H groups in total. The number of nitro groups is 2. The molecule has 0 atom stereocenters. The SMILES string of the molecule is COCCc1c(C(=O)O)ccc([N+](=O)[O-])c1[N+](=O)[O-]. The molecule has 1 rings (SSSR count). The maximum atomic E-state index is 11.0. The van der Waals surface area contributed by atoms with Gasteiger partial charge in [-0.05, 0) is 6.07 Å². The summed E-state index contributed by atoms with van der Waals surface area (Å²) in [6.07, 6.45) is -0.101. The van der Waals surface area contributed by atoms with Gasteiger partial charge in [-0.2, -0.15) is 0 Å². The van der Waals surface area contributed by atoms with Crippen LogP contribution in [0.2, 0.25) is 0 Å². The largest absolute Gasteiger partial charge is 0.478 e. The monoisotopic (exact) mass is 270 g/mol. The zero-order valence-electron chi connectivity index (χ0n) is 9.86. The molecule has 0 saturated heterocycles. The summed E-state index contributed by atoms with van der Waals surface area (Å²) in [5, 5.41) is 30.7. The van der Waals surface area contributed by atoms with Gasteiger partial charge in [0, 0.05) is 19.6 Å². The van der Waals surface area contributed by atoms with Gasteiger partial charge < -0.3 is 9.84 Å². The van der Waals surface area contributed by atoms with Crippen molar-refractivity contribution < 1.29 is 24.5 Å². The normalized spacial score (nSPS) is 10.2. The highest BCUT2D eigenvalue weighted by atomic mass is 16.6. The van der Waals surface area contributed by atoms with Gasteiger partial charge in [0.2, 0.25) is 0 Å². The van der Waals surface area contributed by atoms with Crippen LogP contribution < -0.4 is 0 Å². The number of carbonyl (C=O) groups is 1. The van der Waals surface area contributed by atoms with Gasteiger partial charge in [0.25, 0.3) is 0 Å². The minimum absolute atomic E-state index is 0.0162. The Balaban J connectivity index is 3.56. The number of aromatic carboxylic acids is 1. The highest BCUT2D eigenvalue weighted by Gasteiger charge is 2.32. The molecule has 0 aromatic heterocycles. The zero-order valence-corrected chi connectivity index (χ0v) is 9.86. The predicted octanol–water partition coefficient (Wildman–Crippen LogP) is 1.39. The van der Waals surface area contributed by atoms with E-state index in [0.29, 0.717) is 0 Å². The first kappa shape index (κ1) is 14.5. The van der Waals surface area contributed by atoms with Crippen LogP contribution in [0.1, 0.15) is 15.9 Å². The first-order valence-electron chi connectivity index (χ1n) is 5.07. The quantitative estimate of drug-likeness (QED) is 0.609. The standard InChI is InChI=1S/C10H10N2O7/c1-19-5-4-6-7(10(13)14)2-3-8(11(15)16)9(6)12(17)18/h2-3H,4-5H2,1H3,(H,13,14). The molecule has 0 aliphatic heterocycles. The van der Waals surface area contributed by atoms with E-state index in [0.717, 1.165) is 12.1 Å². The van der Waals surface area contributed by atoms with E-state index in [-0.39, 0.29) is 24.2 Å². The van der Waals surface area contributed by atoms with Crippen LogP contribution in [0.15, 0.2) is 12.1 Å². The van der Waals surface area contributed by atoms with Crippen LogP contribution in [-0.2, 0) is 11.2 Å². The molecule has 0 radical (unpaired) electrons. The molecule has 0 saturated carbocycles. The Bertz CT molecular complexity index is 541. The maximum Gasteiger partial charge on any atom is 0.350 e. The summed E-state index contributed by atoms with van der Waals surface area (Å²) in [4.78, 5) is 30.9. The molecular formula is C10H10N2O7. The molecule has 1 aromatic rings. The second kappa shape index (κ2) is 5.87. The Hall–Kier alpha value is -2.55. The molecule has 9 nitrogen and oxygen atoms in total. The average molecular weight is 270 g/mol. The van der Waals surface area contributed by atoms with Crippen LogP contribution in [0, 0.1) is 20.2 Å². The van der Waals surface area contributed by atoms with Crippen LogP contribution in [0.3, 0.4) is 0 Å². The predicted molar refractivity (Wildman–Crippen MR) is 62.3 cm³/mol. The van der Waals surface area contributed by atoms with Crippen molar-refractivity contribution in [1.82, 2.24) is 0 Å². The van der Waals surface area contributed by atoms with E-state index in [9.17, 15) is 25.0 Å². The van der Waals surface area contributed by atoms with Gasteiger partial charge in [-0.15, -0.1) is 0 Å². The van der Waals surface area contributed by atoms with E-state index < -0.39 is 27.2 Å². The Labute approximate surface area is 106 Å². The van der Waals surface area contributed by atoms with E-state index >= 15 is 0 Å². The molecule has 0 amide bonds. The van der Waals surface area contributed by atoms with Crippen LogP contribution in [0.25, 0.3) is 0 Å². The van der Waals surface area contributed by atoms with E-state index in [1.165, 1.54) is 7.11 Å². The highest BCUT2D eigenvalue weighted by Crippen LogP contribution is 2.33. The van der Waals surface area contributed by atoms with Crippen LogP contribution in [0.5, 0.6) is 0 Å². The number of ether oxygens (including phenoxy) is 1. The lowest BCUT2D eigenvalue weighted by Crippen LogP contribution is -2.10. The second-order valence-electron chi connectivity index (χ2n) is 3.52. The summed E-state index contributed by atoms with van der Waals surface area (Å²) < 4.78 is 4.73. The molecule has 0 bridgehead atoms. The van der Waals surface area contributed by atoms with Gasteiger partial charge in [0.15, 0.2) is 0 Å². The highest BCUT2D eigenvalue weighted by molar-refractivity contribution is 5.91. The fourth-order valence-electron chi connectivity index (χ4n) is 1.63. The Morgan fingerprint density at radius 3 is 2.37 bits per heavy atom. The smallest absolute Gasteiger partial charge is 0.350 e. The van der Waals surface area contributed by atoms with Gasteiger partial charge in [0.1, 0.15) is 0 Å². The Kier molecular flexibility index (Phi) is 4.48. The van der Waals surface area contributed by atoms with Gasteiger partial charge >= 0.3 is 17.3 Å². The van der Waals surface area contributed by atoms with Crippen molar-refractivity contribution in [3.63, 3.8) is 0 Å². The van der Waals surface area contributed by atoms with Crippen molar-refractivity contribution in [2.75, 3.05) is 13.7 Å². The van der Waals surface area contributed by atoms with Crippen molar-refractivity contribution in [3.8, 4) is 0 Å². The van der Waals surface area contributed by atoms with Crippen molar-refractivity contribution in [1.29, 1.82) is 0 Å². The third kappa shape index (κ3) is 3.01. The number of hydrogen-bond donors (Lipinski definition) is 1.